The van der Waals surface area contributed by atoms with E-state index < -0.39 is 0 Å². The van der Waals surface area contributed by atoms with Gasteiger partial charge in [0.25, 0.3) is 5.91 Å². The van der Waals surface area contributed by atoms with Crippen molar-refractivity contribution in [3.63, 3.8) is 0 Å². The van der Waals surface area contributed by atoms with Crippen molar-refractivity contribution in [1.29, 1.82) is 0 Å². The van der Waals surface area contributed by atoms with Crippen LogP contribution in [-0.2, 0) is 6.54 Å². The third kappa shape index (κ3) is 4.62. The number of aromatic amines is 1. The van der Waals surface area contributed by atoms with Crippen LogP contribution in [0.25, 0.3) is 0 Å². The lowest BCUT2D eigenvalue weighted by atomic mass is 10.1. The number of nitrogens with one attached hydrogen (secondary N) is 2. The molecule has 164 valence electrons. The van der Waals surface area contributed by atoms with Crippen molar-refractivity contribution in [3.05, 3.63) is 77.6 Å². The zero-order valence-electron chi connectivity index (χ0n) is 17.6. The number of nitrogens with zero attached hydrogens (tertiary/aromatic N) is 2. The smallest absolute Gasteiger partial charge is 0.302 e. The maximum Gasteiger partial charge on any atom is 0.302 e. The average molecular weight is 451 g/mol. The molecule has 0 aliphatic carbocycles. The van der Waals surface area contributed by atoms with E-state index in [1.807, 2.05) is 36.4 Å². The van der Waals surface area contributed by atoms with Crippen LogP contribution in [0.2, 0.25) is 0 Å². The van der Waals surface area contributed by atoms with Gasteiger partial charge < -0.3 is 19.8 Å². The number of methoxy groups -OCH3 is 2. The SMILES string of the molecule is COc1ccc(C2=NN(Cc3ccccc3NC(=O)c3ccc[nH]3)C(=O)SC2)cc1OC. The molecule has 2 N–H and O–H groups in total. The molecule has 1 aromatic heterocycles. The summed E-state index contributed by atoms with van der Waals surface area (Å²) in [6.07, 6.45) is 1.69. The maximum absolute atomic E-state index is 12.6. The molecule has 0 radical (unpaired) electrons. The molecule has 8 nitrogen and oxygen atoms in total. The van der Waals surface area contributed by atoms with Gasteiger partial charge in [-0.2, -0.15) is 5.10 Å². The van der Waals surface area contributed by atoms with Gasteiger partial charge in [0, 0.05) is 23.2 Å². The van der Waals surface area contributed by atoms with Gasteiger partial charge in [-0.25, -0.2) is 5.01 Å². The van der Waals surface area contributed by atoms with E-state index in [9.17, 15) is 9.59 Å². The van der Waals surface area contributed by atoms with Gasteiger partial charge in [-0.3, -0.25) is 9.59 Å². The van der Waals surface area contributed by atoms with Crippen LogP contribution in [0.5, 0.6) is 11.5 Å². The van der Waals surface area contributed by atoms with Gasteiger partial charge in [0.1, 0.15) is 5.69 Å². The van der Waals surface area contributed by atoms with E-state index in [1.165, 1.54) is 16.8 Å². The molecule has 4 rings (SSSR count). The molecule has 1 aliphatic heterocycles. The van der Waals surface area contributed by atoms with E-state index in [0.29, 0.717) is 28.6 Å². The second kappa shape index (κ2) is 9.61. The number of hydrogen-bond acceptors (Lipinski definition) is 6. The van der Waals surface area contributed by atoms with Crippen molar-refractivity contribution in [1.82, 2.24) is 9.99 Å². The number of thioether (sulfide) groups is 1. The van der Waals surface area contributed by atoms with Crippen molar-refractivity contribution in [2.24, 2.45) is 5.10 Å². The predicted octanol–water partition coefficient (Wildman–Crippen LogP) is 4.36. The highest BCUT2D eigenvalue weighted by molar-refractivity contribution is 8.14. The van der Waals surface area contributed by atoms with Crippen LogP contribution in [0.4, 0.5) is 10.5 Å². The maximum atomic E-state index is 12.6. The van der Waals surface area contributed by atoms with Crippen LogP contribution in [0.15, 0.2) is 65.9 Å². The second-order valence-corrected chi connectivity index (χ2v) is 7.85. The monoisotopic (exact) mass is 450 g/mol. The minimum absolute atomic E-state index is 0.153. The summed E-state index contributed by atoms with van der Waals surface area (Å²) in [5.41, 5.74) is 3.46. The highest BCUT2D eigenvalue weighted by atomic mass is 32.2. The van der Waals surface area contributed by atoms with E-state index >= 15 is 0 Å². The molecule has 9 heteroatoms. The lowest BCUT2D eigenvalue weighted by Crippen LogP contribution is -2.30. The van der Waals surface area contributed by atoms with Crippen molar-refractivity contribution in [3.8, 4) is 11.5 Å². The van der Waals surface area contributed by atoms with Gasteiger partial charge >= 0.3 is 5.24 Å². The largest absolute Gasteiger partial charge is 0.493 e. The summed E-state index contributed by atoms with van der Waals surface area (Å²) in [4.78, 5) is 27.9. The fourth-order valence-electron chi connectivity index (χ4n) is 3.28. The summed E-state index contributed by atoms with van der Waals surface area (Å²) in [5.74, 6) is 1.42. The summed E-state index contributed by atoms with van der Waals surface area (Å²) in [7, 11) is 3.16. The van der Waals surface area contributed by atoms with Crippen LogP contribution in [0.1, 0.15) is 21.6 Å². The third-order valence-electron chi connectivity index (χ3n) is 4.93. The van der Waals surface area contributed by atoms with Gasteiger partial charge in [0.2, 0.25) is 0 Å². The lowest BCUT2D eigenvalue weighted by Gasteiger charge is -2.24. The Bertz CT molecular complexity index is 1160. The van der Waals surface area contributed by atoms with Crippen LogP contribution >= 0.6 is 11.8 Å². The van der Waals surface area contributed by atoms with Crippen LogP contribution in [-0.4, -0.2) is 46.8 Å². The summed E-state index contributed by atoms with van der Waals surface area (Å²) in [6.45, 7) is 0.226. The van der Waals surface area contributed by atoms with E-state index in [-0.39, 0.29) is 17.7 Å². The molecule has 0 spiro atoms. The summed E-state index contributed by atoms with van der Waals surface area (Å²) < 4.78 is 10.7. The summed E-state index contributed by atoms with van der Waals surface area (Å²) >= 11 is 1.18. The van der Waals surface area contributed by atoms with E-state index in [0.717, 1.165) is 16.8 Å². The zero-order valence-corrected chi connectivity index (χ0v) is 18.4. The molecule has 0 saturated heterocycles. The number of H-pyrrole nitrogens is 1. The molecule has 0 atom stereocenters. The molecule has 0 fully saturated rings. The molecule has 32 heavy (non-hydrogen) atoms. The van der Waals surface area contributed by atoms with Gasteiger partial charge in [-0.05, 0) is 42.0 Å². The normalized spacial score (nSPS) is 13.5. The molecular weight excluding hydrogens is 428 g/mol. The first-order valence-electron chi connectivity index (χ1n) is 9.86. The molecular formula is C23H22N4O4S. The Kier molecular flexibility index (Phi) is 6.46. The van der Waals surface area contributed by atoms with E-state index in [4.69, 9.17) is 9.47 Å². The predicted molar refractivity (Wildman–Crippen MR) is 125 cm³/mol. The summed E-state index contributed by atoms with van der Waals surface area (Å²) in [6, 6.07) is 16.4. The topological polar surface area (TPSA) is 96.0 Å². The fraction of sp³-hybridized carbons (Fsp3) is 0.174. The van der Waals surface area contributed by atoms with Crippen molar-refractivity contribution < 1.29 is 19.1 Å². The standard InChI is InChI=1S/C23H22N4O4S/c1-30-20-10-9-15(12-21(20)31-2)19-14-32-23(29)27(26-19)13-16-6-3-4-7-17(16)25-22(28)18-8-5-11-24-18/h3-12,24H,13-14H2,1-2H3,(H,25,28). The highest BCUT2D eigenvalue weighted by Gasteiger charge is 2.24. The van der Waals surface area contributed by atoms with Crippen molar-refractivity contribution in [2.75, 3.05) is 25.3 Å². The number of carbonyl (C=O) groups excluding carboxylic acids is 2. The first-order valence-corrected chi connectivity index (χ1v) is 10.8. The Morgan fingerprint density at radius 2 is 1.94 bits per heavy atom. The molecule has 0 saturated carbocycles. The number of ether oxygens (including phenoxy) is 2. The Hall–Kier alpha value is -3.72. The number of rotatable bonds is 7. The highest BCUT2D eigenvalue weighted by Crippen LogP contribution is 2.30. The van der Waals surface area contributed by atoms with Gasteiger partial charge in [-0.15, -0.1) is 0 Å². The molecule has 2 aromatic carbocycles. The number of hydrogen-bond donors (Lipinski definition) is 2. The quantitative estimate of drug-likeness (QED) is 0.558. The van der Waals surface area contributed by atoms with Gasteiger partial charge in [0.15, 0.2) is 11.5 Å². The zero-order chi connectivity index (χ0) is 22.5. The number of amides is 2. The fourth-order valence-corrected chi connectivity index (χ4v) is 4.02. The Morgan fingerprint density at radius 3 is 2.69 bits per heavy atom. The molecule has 1 aliphatic rings. The molecule has 2 amide bonds. The molecule has 0 bridgehead atoms. The van der Waals surface area contributed by atoms with Crippen molar-refractivity contribution in [2.45, 2.75) is 6.54 Å². The number of anilines is 1. The van der Waals surface area contributed by atoms with E-state index in [1.54, 1.807) is 38.6 Å². The van der Waals surface area contributed by atoms with Crippen LogP contribution in [0, 0.1) is 0 Å². The molecule has 0 unspecified atom stereocenters. The Labute approximate surface area is 189 Å². The average Bonchev–Trinajstić information content (AvgIpc) is 3.36. The number of benzene rings is 2. The number of aromatic nitrogens is 1. The lowest BCUT2D eigenvalue weighted by molar-refractivity contribution is 0.102. The first-order chi connectivity index (χ1) is 15.6. The number of hydrazone groups is 1. The van der Waals surface area contributed by atoms with Crippen LogP contribution in [0.3, 0.4) is 0 Å². The summed E-state index contributed by atoms with van der Waals surface area (Å²) in [5, 5.41) is 8.75. The number of para-hydroxylation sites is 1. The second-order valence-electron chi connectivity index (χ2n) is 6.92. The van der Waals surface area contributed by atoms with Gasteiger partial charge in [0.05, 0.1) is 26.5 Å². The molecule has 3 aromatic rings. The van der Waals surface area contributed by atoms with Crippen molar-refractivity contribution >= 4 is 34.3 Å². The minimum atomic E-state index is -0.253. The Balaban J connectivity index is 1.58. The minimum Gasteiger partial charge on any atom is -0.493 e. The van der Waals surface area contributed by atoms with Gasteiger partial charge in [-0.1, -0.05) is 30.0 Å². The van der Waals surface area contributed by atoms with Crippen LogP contribution < -0.4 is 14.8 Å². The first kappa shape index (κ1) is 21.5. The number of carbonyl (C=O) groups is 2. The Morgan fingerprint density at radius 1 is 1.12 bits per heavy atom. The van der Waals surface area contributed by atoms with E-state index in [2.05, 4.69) is 15.4 Å². The third-order valence-corrected chi connectivity index (χ3v) is 5.81. The molecule has 2 heterocycles.